The summed E-state index contributed by atoms with van der Waals surface area (Å²) in [5.41, 5.74) is 1.04. The van der Waals surface area contributed by atoms with Crippen LogP contribution < -0.4 is 14.4 Å². The van der Waals surface area contributed by atoms with Crippen molar-refractivity contribution in [3.63, 3.8) is 0 Å². The zero-order chi connectivity index (χ0) is 18.5. The third kappa shape index (κ3) is 4.22. The molecule has 138 valence electrons. The van der Waals surface area contributed by atoms with Gasteiger partial charge < -0.3 is 19.3 Å². The molecule has 1 aliphatic rings. The standard InChI is InChI=1S/C19H20F2N2O3/c1-25-16-4-2-3-15(12-16)22-7-9-23(10-8-22)19(24)13-26-18-6-5-14(20)11-17(18)21/h2-6,11-12H,7-10,13H2,1H3. The molecule has 1 heterocycles. The smallest absolute Gasteiger partial charge is 0.260 e. The van der Waals surface area contributed by atoms with Gasteiger partial charge in [0.1, 0.15) is 11.6 Å². The quantitative estimate of drug-likeness (QED) is 0.820. The lowest BCUT2D eigenvalue weighted by Crippen LogP contribution is -2.50. The van der Waals surface area contributed by atoms with E-state index in [9.17, 15) is 13.6 Å². The second-order valence-electron chi connectivity index (χ2n) is 5.93. The fraction of sp³-hybridized carbons (Fsp3) is 0.316. The molecular formula is C19H20F2N2O3. The van der Waals surface area contributed by atoms with Crippen molar-refractivity contribution < 1.29 is 23.0 Å². The van der Waals surface area contributed by atoms with Crippen LogP contribution in [0.5, 0.6) is 11.5 Å². The van der Waals surface area contributed by atoms with Gasteiger partial charge in [-0.3, -0.25) is 4.79 Å². The van der Waals surface area contributed by atoms with E-state index in [0.29, 0.717) is 26.2 Å². The number of benzene rings is 2. The highest BCUT2D eigenvalue weighted by Crippen LogP contribution is 2.22. The van der Waals surface area contributed by atoms with Gasteiger partial charge >= 0.3 is 0 Å². The van der Waals surface area contributed by atoms with E-state index in [1.54, 1.807) is 12.0 Å². The van der Waals surface area contributed by atoms with Crippen LogP contribution in [-0.2, 0) is 4.79 Å². The van der Waals surface area contributed by atoms with Crippen LogP contribution in [0.1, 0.15) is 0 Å². The normalized spacial score (nSPS) is 14.3. The van der Waals surface area contributed by atoms with E-state index >= 15 is 0 Å². The highest BCUT2D eigenvalue weighted by atomic mass is 19.1. The fourth-order valence-corrected chi connectivity index (χ4v) is 2.84. The number of rotatable bonds is 5. The Labute approximate surface area is 150 Å². The number of methoxy groups -OCH3 is 1. The zero-order valence-electron chi connectivity index (χ0n) is 14.5. The zero-order valence-corrected chi connectivity index (χ0v) is 14.5. The van der Waals surface area contributed by atoms with E-state index in [2.05, 4.69) is 4.90 Å². The number of amides is 1. The van der Waals surface area contributed by atoms with E-state index in [1.165, 1.54) is 6.07 Å². The summed E-state index contributed by atoms with van der Waals surface area (Å²) in [6.07, 6.45) is 0. The van der Waals surface area contributed by atoms with Crippen molar-refractivity contribution in [1.29, 1.82) is 0 Å². The minimum atomic E-state index is -0.819. The van der Waals surface area contributed by atoms with Crippen LogP contribution in [0.25, 0.3) is 0 Å². The van der Waals surface area contributed by atoms with Crippen LogP contribution in [0, 0.1) is 11.6 Å². The Hall–Kier alpha value is -2.83. The van der Waals surface area contributed by atoms with E-state index in [0.717, 1.165) is 23.6 Å². The van der Waals surface area contributed by atoms with Gasteiger partial charge in [-0.05, 0) is 24.3 Å². The average molecular weight is 362 g/mol. The SMILES string of the molecule is COc1cccc(N2CCN(C(=O)COc3ccc(F)cc3F)CC2)c1. The first-order chi connectivity index (χ1) is 12.6. The summed E-state index contributed by atoms with van der Waals surface area (Å²) in [7, 11) is 1.62. The number of carbonyl (C=O) groups is 1. The van der Waals surface area contributed by atoms with Gasteiger partial charge in [0.05, 0.1) is 7.11 Å². The number of carbonyl (C=O) groups excluding carboxylic acids is 1. The molecule has 0 N–H and O–H groups in total. The summed E-state index contributed by atoms with van der Waals surface area (Å²) in [5, 5.41) is 0. The lowest BCUT2D eigenvalue weighted by molar-refractivity contribution is -0.133. The molecule has 3 rings (SSSR count). The van der Waals surface area contributed by atoms with Crippen molar-refractivity contribution in [2.75, 3.05) is 44.8 Å². The number of anilines is 1. The molecule has 0 aliphatic carbocycles. The molecule has 2 aromatic carbocycles. The average Bonchev–Trinajstić information content (AvgIpc) is 2.67. The molecule has 5 nitrogen and oxygen atoms in total. The Morgan fingerprint density at radius 3 is 2.54 bits per heavy atom. The topological polar surface area (TPSA) is 42.0 Å². The molecule has 7 heteroatoms. The summed E-state index contributed by atoms with van der Waals surface area (Å²) < 4.78 is 36.8. The minimum Gasteiger partial charge on any atom is -0.497 e. The fourth-order valence-electron chi connectivity index (χ4n) is 2.84. The molecule has 1 saturated heterocycles. The van der Waals surface area contributed by atoms with E-state index in [1.807, 2.05) is 24.3 Å². The van der Waals surface area contributed by atoms with Crippen molar-refractivity contribution in [3.8, 4) is 11.5 Å². The molecule has 0 radical (unpaired) electrons. The first-order valence-electron chi connectivity index (χ1n) is 8.31. The lowest BCUT2D eigenvalue weighted by atomic mass is 10.2. The van der Waals surface area contributed by atoms with Gasteiger partial charge in [0.2, 0.25) is 0 Å². The van der Waals surface area contributed by atoms with Crippen LogP contribution in [0.15, 0.2) is 42.5 Å². The number of halogens is 2. The Morgan fingerprint density at radius 2 is 1.85 bits per heavy atom. The van der Waals surface area contributed by atoms with Crippen LogP contribution in [0.3, 0.4) is 0 Å². The van der Waals surface area contributed by atoms with E-state index in [-0.39, 0.29) is 18.3 Å². The highest BCUT2D eigenvalue weighted by Gasteiger charge is 2.22. The van der Waals surface area contributed by atoms with Crippen molar-refractivity contribution in [1.82, 2.24) is 4.90 Å². The Kier molecular flexibility index (Phi) is 5.55. The molecular weight excluding hydrogens is 342 g/mol. The predicted molar refractivity (Wildman–Crippen MR) is 93.6 cm³/mol. The monoisotopic (exact) mass is 362 g/mol. The van der Waals surface area contributed by atoms with Gasteiger partial charge in [0.25, 0.3) is 5.91 Å². The number of piperazine rings is 1. The molecule has 0 atom stereocenters. The Morgan fingerprint density at radius 1 is 1.08 bits per heavy atom. The van der Waals surface area contributed by atoms with Crippen molar-refractivity contribution in [2.45, 2.75) is 0 Å². The number of nitrogens with zero attached hydrogens (tertiary/aromatic N) is 2. The number of hydrogen-bond donors (Lipinski definition) is 0. The molecule has 0 saturated carbocycles. The van der Waals surface area contributed by atoms with Gasteiger partial charge in [-0.15, -0.1) is 0 Å². The summed E-state index contributed by atoms with van der Waals surface area (Å²) in [6.45, 7) is 2.19. The first kappa shape index (κ1) is 18.0. The third-order valence-corrected chi connectivity index (χ3v) is 4.30. The molecule has 0 aromatic heterocycles. The summed E-state index contributed by atoms with van der Waals surface area (Å²) in [5.74, 6) is -1.07. The van der Waals surface area contributed by atoms with Gasteiger partial charge in [0, 0.05) is 44.0 Å². The maximum absolute atomic E-state index is 13.5. The molecule has 0 bridgehead atoms. The molecule has 1 fully saturated rings. The van der Waals surface area contributed by atoms with E-state index in [4.69, 9.17) is 9.47 Å². The van der Waals surface area contributed by atoms with Crippen LogP contribution >= 0.6 is 0 Å². The molecule has 0 spiro atoms. The van der Waals surface area contributed by atoms with Crippen molar-refractivity contribution >= 4 is 11.6 Å². The van der Waals surface area contributed by atoms with Gasteiger partial charge in [-0.1, -0.05) is 6.07 Å². The second-order valence-corrected chi connectivity index (χ2v) is 5.93. The van der Waals surface area contributed by atoms with Crippen LogP contribution in [0.4, 0.5) is 14.5 Å². The Balaban J connectivity index is 1.51. The predicted octanol–water partition coefficient (Wildman–Crippen LogP) is 2.70. The summed E-state index contributed by atoms with van der Waals surface area (Å²) in [4.78, 5) is 16.1. The second kappa shape index (κ2) is 8.03. The van der Waals surface area contributed by atoms with Gasteiger partial charge in [-0.2, -0.15) is 0 Å². The summed E-state index contributed by atoms with van der Waals surface area (Å²) >= 11 is 0. The minimum absolute atomic E-state index is 0.130. The van der Waals surface area contributed by atoms with Crippen molar-refractivity contribution in [3.05, 3.63) is 54.1 Å². The number of hydrogen-bond acceptors (Lipinski definition) is 4. The maximum Gasteiger partial charge on any atom is 0.260 e. The van der Waals surface area contributed by atoms with Crippen LogP contribution in [0.2, 0.25) is 0 Å². The van der Waals surface area contributed by atoms with E-state index < -0.39 is 11.6 Å². The Bertz CT molecular complexity index is 777. The molecule has 1 amide bonds. The van der Waals surface area contributed by atoms with Gasteiger partial charge in [0.15, 0.2) is 18.2 Å². The van der Waals surface area contributed by atoms with Crippen molar-refractivity contribution in [2.24, 2.45) is 0 Å². The first-order valence-corrected chi connectivity index (χ1v) is 8.31. The molecule has 0 unspecified atom stereocenters. The summed E-state index contributed by atoms with van der Waals surface area (Å²) in [6, 6.07) is 10.8. The number of ether oxygens (including phenoxy) is 2. The van der Waals surface area contributed by atoms with Gasteiger partial charge in [-0.25, -0.2) is 8.78 Å². The highest BCUT2D eigenvalue weighted by molar-refractivity contribution is 5.78. The lowest BCUT2D eigenvalue weighted by Gasteiger charge is -2.36. The van der Waals surface area contributed by atoms with Crippen LogP contribution in [-0.4, -0.2) is 50.7 Å². The third-order valence-electron chi connectivity index (χ3n) is 4.30. The maximum atomic E-state index is 13.5. The molecule has 26 heavy (non-hydrogen) atoms. The molecule has 2 aromatic rings. The molecule has 1 aliphatic heterocycles. The largest absolute Gasteiger partial charge is 0.497 e.